The number of rotatable bonds is 2. The fourth-order valence-electron chi connectivity index (χ4n) is 3.75. The smallest absolute Gasteiger partial charge is 0.326 e. The van der Waals surface area contributed by atoms with Crippen LogP contribution >= 0.6 is 0 Å². The Morgan fingerprint density at radius 3 is 2.61 bits per heavy atom. The van der Waals surface area contributed by atoms with E-state index in [-0.39, 0.29) is 24.1 Å². The lowest BCUT2D eigenvalue weighted by atomic mass is 9.64. The maximum Gasteiger partial charge on any atom is 0.326 e. The summed E-state index contributed by atoms with van der Waals surface area (Å²) in [5.74, 6) is 0.300. The molecule has 1 spiro atoms. The Morgan fingerprint density at radius 2 is 2.06 bits per heavy atom. The molecule has 2 aliphatic rings. The molecule has 18 heavy (non-hydrogen) atoms. The molecule has 1 heterocycles. The fourth-order valence-corrected chi connectivity index (χ4v) is 3.75. The highest BCUT2D eigenvalue weighted by atomic mass is 16.5. The van der Waals surface area contributed by atoms with Crippen LogP contribution in [-0.2, 0) is 9.53 Å². The Hall–Kier alpha value is -1.10. The van der Waals surface area contributed by atoms with E-state index in [0.717, 1.165) is 12.8 Å². The van der Waals surface area contributed by atoms with Crippen LogP contribution in [0.25, 0.3) is 0 Å². The number of amides is 3. The minimum atomic E-state index is -0.712. The van der Waals surface area contributed by atoms with Crippen LogP contribution in [-0.4, -0.2) is 36.2 Å². The predicted octanol–water partition coefficient (Wildman–Crippen LogP) is 1.73. The molecule has 0 aromatic heterocycles. The van der Waals surface area contributed by atoms with Crippen molar-refractivity contribution in [2.75, 3.05) is 13.8 Å². The predicted molar refractivity (Wildman–Crippen MR) is 66.8 cm³/mol. The van der Waals surface area contributed by atoms with Crippen molar-refractivity contribution in [3.63, 3.8) is 0 Å². The molecular weight excluding hydrogens is 232 g/mol. The monoisotopic (exact) mass is 254 g/mol. The molecule has 0 aromatic rings. The van der Waals surface area contributed by atoms with Crippen LogP contribution in [0.4, 0.5) is 4.79 Å². The van der Waals surface area contributed by atoms with Crippen LogP contribution in [0.3, 0.4) is 0 Å². The van der Waals surface area contributed by atoms with E-state index in [1.54, 1.807) is 0 Å². The molecule has 2 atom stereocenters. The second-order valence-corrected chi connectivity index (χ2v) is 6.52. The molecule has 0 aromatic carbocycles. The van der Waals surface area contributed by atoms with Crippen LogP contribution in [0.2, 0.25) is 0 Å². The number of urea groups is 1. The van der Waals surface area contributed by atoms with Gasteiger partial charge >= 0.3 is 6.03 Å². The van der Waals surface area contributed by atoms with Crippen LogP contribution < -0.4 is 5.32 Å². The third kappa shape index (κ3) is 2.11. The van der Waals surface area contributed by atoms with Crippen molar-refractivity contribution >= 4 is 11.9 Å². The number of nitrogens with zero attached hydrogens (tertiary/aromatic N) is 1. The third-order valence-electron chi connectivity index (χ3n) is 3.88. The Labute approximate surface area is 108 Å². The van der Waals surface area contributed by atoms with Gasteiger partial charge < -0.3 is 10.1 Å². The summed E-state index contributed by atoms with van der Waals surface area (Å²) in [6, 6.07) is -0.327. The third-order valence-corrected chi connectivity index (χ3v) is 3.88. The highest BCUT2D eigenvalue weighted by Crippen LogP contribution is 2.46. The number of carbonyl (C=O) groups is 2. The summed E-state index contributed by atoms with van der Waals surface area (Å²) in [6.45, 7) is 6.48. The van der Waals surface area contributed by atoms with Gasteiger partial charge in [-0.1, -0.05) is 20.8 Å². The first-order chi connectivity index (χ1) is 8.30. The van der Waals surface area contributed by atoms with Gasteiger partial charge in [-0.3, -0.25) is 4.79 Å². The molecule has 5 nitrogen and oxygen atoms in total. The van der Waals surface area contributed by atoms with Crippen LogP contribution in [0, 0.1) is 11.3 Å². The Balaban J connectivity index is 2.27. The van der Waals surface area contributed by atoms with Crippen molar-refractivity contribution in [2.24, 2.45) is 11.3 Å². The molecule has 0 radical (unpaired) electrons. The highest BCUT2D eigenvalue weighted by Gasteiger charge is 2.56. The number of hydrogen-bond acceptors (Lipinski definition) is 3. The lowest BCUT2D eigenvalue weighted by Gasteiger charge is -2.43. The Morgan fingerprint density at radius 1 is 1.39 bits per heavy atom. The molecule has 1 saturated heterocycles. The maximum atomic E-state index is 12.5. The second kappa shape index (κ2) is 4.23. The normalized spacial score (nSPS) is 35.1. The summed E-state index contributed by atoms with van der Waals surface area (Å²) in [7, 11) is 1.49. The van der Waals surface area contributed by atoms with E-state index in [2.05, 4.69) is 26.1 Å². The molecular formula is C13H22N2O3. The van der Waals surface area contributed by atoms with E-state index in [1.165, 1.54) is 12.0 Å². The van der Waals surface area contributed by atoms with Crippen LogP contribution in [0.5, 0.6) is 0 Å². The average Bonchev–Trinajstić information content (AvgIpc) is 2.39. The summed E-state index contributed by atoms with van der Waals surface area (Å²) < 4.78 is 4.92. The molecule has 0 bridgehead atoms. The molecule has 2 rings (SSSR count). The summed E-state index contributed by atoms with van der Waals surface area (Å²) >= 11 is 0. The van der Waals surface area contributed by atoms with Gasteiger partial charge in [0.15, 0.2) is 0 Å². The quantitative estimate of drug-likeness (QED) is 0.763. The standard InChI is InChI=1S/C13H22N2O3/c1-9-5-12(2,3)7-13(6-9)10(16)15(8-18-4)11(17)14-13/h9H,5-8H2,1-4H3,(H,14,17)/t9-,13-/m1/s1. The van der Waals surface area contributed by atoms with E-state index in [4.69, 9.17) is 4.74 Å². The van der Waals surface area contributed by atoms with Gasteiger partial charge in [-0.25, -0.2) is 9.69 Å². The first-order valence-corrected chi connectivity index (χ1v) is 6.43. The number of methoxy groups -OCH3 is 1. The minimum Gasteiger partial charge on any atom is -0.364 e. The van der Waals surface area contributed by atoms with E-state index in [9.17, 15) is 9.59 Å². The highest BCUT2D eigenvalue weighted by molar-refractivity contribution is 6.07. The van der Waals surface area contributed by atoms with Crippen LogP contribution in [0.15, 0.2) is 0 Å². The van der Waals surface area contributed by atoms with Crippen molar-refractivity contribution in [1.29, 1.82) is 0 Å². The lowest BCUT2D eigenvalue weighted by Crippen LogP contribution is -2.54. The van der Waals surface area contributed by atoms with Crippen molar-refractivity contribution in [3.05, 3.63) is 0 Å². The van der Waals surface area contributed by atoms with E-state index in [0.29, 0.717) is 12.3 Å². The van der Waals surface area contributed by atoms with Gasteiger partial charge in [-0.15, -0.1) is 0 Å². The lowest BCUT2D eigenvalue weighted by molar-refractivity contribution is -0.137. The van der Waals surface area contributed by atoms with Gasteiger partial charge in [0.05, 0.1) is 0 Å². The van der Waals surface area contributed by atoms with Gasteiger partial charge in [0.25, 0.3) is 5.91 Å². The molecule has 102 valence electrons. The zero-order valence-corrected chi connectivity index (χ0v) is 11.6. The van der Waals surface area contributed by atoms with Gasteiger partial charge in [-0.2, -0.15) is 0 Å². The van der Waals surface area contributed by atoms with Crippen molar-refractivity contribution in [1.82, 2.24) is 10.2 Å². The molecule has 1 aliphatic carbocycles. The summed E-state index contributed by atoms with van der Waals surface area (Å²) in [6.07, 6.45) is 2.51. The van der Waals surface area contributed by atoms with Crippen molar-refractivity contribution in [3.8, 4) is 0 Å². The zero-order chi connectivity index (χ0) is 13.6. The van der Waals surface area contributed by atoms with E-state index >= 15 is 0 Å². The number of imide groups is 1. The van der Waals surface area contributed by atoms with E-state index in [1.807, 2.05) is 0 Å². The molecule has 2 fully saturated rings. The number of nitrogens with one attached hydrogen (secondary N) is 1. The minimum absolute atomic E-state index is 0.0290. The fraction of sp³-hybridized carbons (Fsp3) is 0.846. The van der Waals surface area contributed by atoms with Crippen LogP contribution in [0.1, 0.15) is 40.0 Å². The van der Waals surface area contributed by atoms with Gasteiger partial charge in [0.1, 0.15) is 12.3 Å². The Kier molecular flexibility index (Phi) is 3.13. The zero-order valence-electron chi connectivity index (χ0n) is 11.6. The molecule has 0 unspecified atom stereocenters. The first kappa shape index (κ1) is 13.3. The van der Waals surface area contributed by atoms with Gasteiger partial charge in [0, 0.05) is 7.11 Å². The second-order valence-electron chi connectivity index (χ2n) is 6.52. The summed E-state index contributed by atoms with van der Waals surface area (Å²) in [4.78, 5) is 25.5. The molecule has 1 aliphatic heterocycles. The Bertz CT molecular complexity index is 380. The molecule has 1 saturated carbocycles. The van der Waals surface area contributed by atoms with Gasteiger partial charge in [0.2, 0.25) is 0 Å². The molecule has 5 heteroatoms. The van der Waals surface area contributed by atoms with Crippen molar-refractivity contribution < 1.29 is 14.3 Å². The number of hydrogen-bond donors (Lipinski definition) is 1. The van der Waals surface area contributed by atoms with Crippen molar-refractivity contribution in [2.45, 2.75) is 45.6 Å². The number of ether oxygens (including phenoxy) is 1. The summed E-state index contributed by atoms with van der Waals surface area (Å²) in [5.41, 5.74) is -0.638. The number of carbonyl (C=O) groups excluding carboxylic acids is 2. The van der Waals surface area contributed by atoms with Gasteiger partial charge in [-0.05, 0) is 30.6 Å². The topological polar surface area (TPSA) is 58.6 Å². The first-order valence-electron chi connectivity index (χ1n) is 6.43. The molecule has 3 amide bonds. The molecule has 1 N–H and O–H groups in total. The largest absolute Gasteiger partial charge is 0.364 e. The average molecular weight is 254 g/mol. The van der Waals surface area contributed by atoms with E-state index < -0.39 is 5.54 Å². The maximum absolute atomic E-state index is 12.5. The summed E-state index contributed by atoms with van der Waals surface area (Å²) in [5, 5.41) is 2.90. The SMILES string of the molecule is COCN1C(=O)N[C@@]2(C[C@H](C)CC(C)(C)C2)C1=O.